The van der Waals surface area contributed by atoms with Gasteiger partial charge in [-0.15, -0.1) is 0 Å². The van der Waals surface area contributed by atoms with Gasteiger partial charge in [0.05, 0.1) is 12.7 Å². The largest absolute Gasteiger partial charge is 0.619 e. The Morgan fingerprint density at radius 2 is 1.85 bits per heavy atom. The standard InChI is InChI=1S/C20H25N3O3/c1-26-19-4-2-17(3-5-19)15-22-10-6-16(7-11-22)14-21-20(24)18-8-12-23(25)13-9-18/h2-5,8-9,12-13,16H,6-7,10-11,14-15H2,1H3,(H,21,24). The average Bonchev–Trinajstić information content (AvgIpc) is 2.68. The molecule has 0 spiro atoms. The van der Waals surface area contributed by atoms with Crippen LogP contribution >= 0.6 is 0 Å². The molecule has 0 aliphatic carbocycles. The summed E-state index contributed by atoms with van der Waals surface area (Å²) < 4.78 is 5.87. The Balaban J connectivity index is 1.40. The molecule has 1 saturated heterocycles. The highest BCUT2D eigenvalue weighted by Crippen LogP contribution is 2.19. The number of ether oxygens (including phenoxy) is 1. The Kier molecular flexibility index (Phi) is 6.07. The topological polar surface area (TPSA) is 68.5 Å². The number of methoxy groups -OCH3 is 1. The zero-order chi connectivity index (χ0) is 18.4. The smallest absolute Gasteiger partial charge is 0.251 e. The molecule has 1 N–H and O–H groups in total. The number of benzene rings is 1. The van der Waals surface area contributed by atoms with Crippen molar-refractivity contribution >= 4 is 5.91 Å². The van der Waals surface area contributed by atoms with E-state index in [1.54, 1.807) is 19.2 Å². The maximum atomic E-state index is 12.1. The van der Waals surface area contributed by atoms with E-state index < -0.39 is 0 Å². The highest BCUT2D eigenvalue weighted by Gasteiger charge is 2.20. The summed E-state index contributed by atoms with van der Waals surface area (Å²) >= 11 is 0. The van der Waals surface area contributed by atoms with Crippen molar-refractivity contribution in [3.63, 3.8) is 0 Å². The molecule has 0 radical (unpaired) electrons. The van der Waals surface area contributed by atoms with Crippen molar-refractivity contribution in [3.8, 4) is 5.75 Å². The van der Waals surface area contributed by atoms with Crippen LogP contribution in [0, 0.1) is 11.1 Å². The van der Waals surface area contributed by atoms with Gasteiger partial charge in [-0.3, -0.25) is 9.69 Å². The highest BCUT2D eigenvalue weighted by atomic mass is 16.5. The predicted molar refractivity (Wildman–Crippen MR) is 98.7 cm³/mol. The van der Waals surface area contributed by atoms with Crippen LogP contribution in [0.2, 0.25) is 0 Å². The third-order valence-electron chi connectivity index (χ3n) is 4.89. The number of hydrogen-bond acceptors (Lipinski definition) is 4. The molecule has 0 saturated carbocycles. The van der Waals surface area contributed by atoms with Crippen LogP contribution in [0.3, 0.4) is 0 Å². The second-order valence-electron chi connectivity index (χ2n) is 6.72. The first-order valence-electron chi connectivity index (χ1n) is 8.96. The van der Waals surface area contributed by atoms with Gasteiger partial charge in [-0.05, 0) is 49.5 Å². The molecule has 26 heavy (non-hydrogen) atoms. The fraction of sp³-hybridized carbons (Fsp3) is 0.400. The number of piperidine rings is 1. The third-order valence-corrected chi connectivity index (χ3v) is 4.89. The molecule has 0 atom stereocenters. The number of likely N-dealkylation sites (tertiary alicyclic amines) is 1. The van der Waals surface area contributed by atoms with Crippen LogP contribution in [0.1, 0.15) is 28.8 Å². The van der Waals surface area contributed by atoms with Gasteiger partial charge in [0.25, 0.3) is 5.91 Å². The van der Waals surface area contributed by atoms with Crippen LogP contribution in [-0.4, -0.2) is 37.6 Å². The van der Waals surface area contributed by atoms with E-state index >= 15 is 0 Å². The van der Waals surface area contributed by atoms with Crippen molar-refractivity contribution in [2.75, 3.05) is 26.7 Å². The second-order valence-corrected chi connectivity index (χ2v) is 6.72. The molecule has 2 heterocycles. The number of nitrogens with zero attached hydrogens (tertiary/aromatic N) is 2. The molecule has 1 fully saturated rings. The van der Waals surface area contributed by atoms with E-state index in [9.17, 15) is 10.0 Å². The second kappa shape index (κ2) is 8.67. The van der Waals surface area contributed by atoms with Gasteiger partial charge in [0.2, 0.25) is 0 Å². The molecule has 0 bridgehead atoms. The van der Waals surface area contributed by atoms with Gasteiger partial charge in [-0.2, -0.15) is 4.73 Å². The Morgan fingerprint density at radius 3 is 2.46 bits per heavy atom. The fourth-order valence-electron chi connectivity index (χ4n) is 3.24. The van der Waals surface area contributed by atoms with Gasteiger partial charge in [0.1, 0.15) is 5.75 Å². The summed E-state index contributed by atoms with van der Waals surface area (Å²) in [6.45, 7) is 3.70. The summed E-state index contributed by atoms with van der Waals surface area (Å²) in [5, 5.41) is 14.0. The zero-order valence-electron chi connectivity index (χ0n) is 15.1. The van der Waals surface area contributed by atoms with Crippen molar-refractivity contribution in [1.82, 2.24) is 10.2 Å². The Labute approximate surface area is 154 Å². The molecule has 6 nitrogen and oxygen atoms in total. The molecule has 1 aromatic heterocycles. The molecule has 1 aliphatic rings. The number of amides is 1. The molecule has 1 amide bonds. The molecule has 3 rings (SSSR count). The lowest BCUT2D eigenvalue weighted by Gasteiger charge is -2.32. The van der Waals surface area contributed by atoms with Crippen molar-refractivity contribution in [1.29, 1.82) is 0 Å². The molecule has 2 aromatic rings. The van der Waals surface area contributed by atoms with Crippen molar-refractivity contribution in [2.45, 2.75) is 19.4 Å². The van der Waals surface area contributed by atoms with Gasteiger partial charge < -0.3 is 15.3 Å². The fourth-order valence-corrected chi connectivity index (χ4v) is 3.24. The van der Waals surface area contributed by atoms with E-state index in [1.165, 1.54) is 18.0 Å². The number of carbonyl (C=O) groups is 1. The van der Waals surface area contributed by atoms with E-state index in [2.05, 4.69) is 22.3 Å². The summed E-state index contributed by atoms with van der Waals surface area (Å²) in [5.41, 5.74) is 1.81. The van der Waals surface area contributed by atoms with Crippen molar-refractivity contribution < 1.29 is 14.3 Å². The number of hydrogen-bond donors (Lipinski definition) is 1. The van der Waals surface area contributed by atoms with E-state index in [1.807, 2.05) is 12.1 Å². The normalized spacial score (nSPS) is 15.6. The van der Waals surface area contributed by atoms with Gasteiger partial charge in [0.15, 0.2) is 12.4 Å². The van der Waals surface area contributed by atoms with Crippen LogP contribution in [0.4, 0.5) is 0 Å². The first kappa shape index (κ1) is 18.2. The number of pyridine rings is 1. The van der Waals surface area contributed by atoms with Gasteiger partial charge >= 0.3 is 0 Å². The molecule has 138 valence electrons. The maximum absolute atomic E-state index is 12.1. The molecule has 6 heteroatoms. The number of aromatic nitrogens is 1. The minimum absolute atomic E-state index is 0.119. The summed E-state index contributed by atoms with van der Waals surface area (Å²) in [5.74, 6) is 1.26. The minimum atomic E-state index is -0.119. The number of carbonyl (C=O) groups excluding carboxylic acids is 1. The van der Waals surface area contributed by atoms with E-state index in [0.717, 1.165) is 38.2 Å². The first-order chi connectivity index (χ1) is 12.6. The summed E-state index contributed by atoms with van der Waals surface area (Å²) in [7, 11) is 1.68. The average molecular weight is 355 g/mol. The van der Waals surface area contributed by atoms with Crippen LogP contribution < -0.4 is 14.8 Å². The first-order valence-corrected chi connectivity index (χ1v) is 8.96. The molecular weight excluding hydrogens is 330 g/mol. The Bertz CT molecular complexity index is 708. The lowest BCUT2D eigenvalue weighted by Crippen LogP contribution is -2.38. The van der Waals surface area contributed by atoms with Gasteiger partial charge in [-0.25, -0.2) is 0 Å². The SMILES string of the molecule is COc1ccc(CN2CCC(CNC(=O)c3cc[n+]([O-])cc3)CC2)cc1. The summed E-state index contributed by atoms with van der Waals surface area (Å²) in [6.07, 6.45) is 4.83. The highest BCUT2D eigenvalue weighted by molar-refractivity contribution is 5.93. The summed E-state index contributed by atoms with van der Waals surface area (Å²) in [6, 6.07) is 11.3. The van der Waals surface area contributed by atoms with Crippen LogP contribution in [0.5, 0.6) is 5.75 Å². The third kappa shape index (κ3) is 4.95. The quantitative estimate of drug-likeness (QED) is 0.635. The Morgan fingerprint density at radius 1 is 1.19 bits per heavy atom. The van der Waals surface area contributed by atoms with Gasteiger partial charge in [-0.1, -0.05) is 12.1 Å². The molecule has 0 unspecified atom stereocenters. The summed E-state index contributed by atoms with van der Waals surface area (Å²) in [4.78, 5) is 14.6. The lowest BCUT2D eigenvalue weighted by atomic mass is 9.96. The number of rotatable bonds is 6. The lowest BCUT2D eigenvalue weighted by molar-refractivity contribution is -0.605. The molecular formula is C20H25N3O3. The van der Waals surface area contributed by atoms with Crippen molar-refractivity contribution in [3.05, 3.63) is 65.1 Å². The maximum Gasteiger partial charge on any atom is 0.251 e. The zero-order valence-corrected chi connectivity index (χ0v) is 15.1. The van der Waals surface area contributed by atoms with Crippen LogP contribution in [0.25, 0.3) is 0 Å². The predicted octanol–water partition coefficient (Wildman–Crippen LogP) is 1.97. The van der Waals surface area contributed by atoms with Crippen LogP contribution in [-0.2, 0) is 6.54 Å². The Hall–Kier alpha value is -2.60. The van der Waals surface area contributed by atoms with E-state index in [4.69, 9.17) is 4.74 Å². The molecule has 1 aromatic carbocycles. The monoisotopic (exact) mass is 355 g/mol. The van der Waals surface area contributed by atoms with Gasteiger partial charge in [0, 0.05) is 25.2 Å². The number of nitrogens with one attached hydrogen (secondary N) is 1. The van der Waals surface area contributed by atoms with Crippen LogP contribution in [0.15, 0.2) is 48.8 Å². The van der Waals surface area contributed by atoms with E-state index in [-0.39, 0.29) is 5.91 Å². The van der Waals surface area contributed by atoms with E-state index in [0.29, 0.717) is 22.8 Å². The van der Waals surface area contributed by atoms with Crippen molar-refractivity contribution in [2.24, 2.45) is 5.92 Å². The molecule has 1 aliphatic heterocycles. The minimum Gasteiger partial charge on any atom is -0.619 e.